The monoisotopic (exact) mass is 386 g/mol. The number of halogens is 1. The van der Waals surface area contributed by atoms with E-state index in [9.17, 15) is 19.1 Å². The van der Waals surface area contributed by atoms with E-state index in [1.165, 1.54) is 47.4 Å². The molecule has 8 nitrogen and oxygen atoms in total. The molecule has 1 saturated heterocycles. The van der Waals surface area contributed by atoms with E-state index in [0.717, 1.165) is 0 Å². The van der Waals surface area contributed by atoms with E-state index >= 15 is 0 Å². The molecule has 0 aliphatic carbocycles. The lowest BCUT2D eigenvalue weighted by molar-refractivity contribution is -0.150. The van der Waals surface area contributed by atoms with Crippen LogP contribution >= 0.6 is 0 Å². The first kappa shape index (κ1) is 19.5. The Morgan fingerprint density at radius 3 is 2.68 bits per heavy atom. The number of morpholine rings is 1. The van der Waals surface area contributed by atoms with Gasteiger partial charge in [0.25, 0.3) is 11.8 Å². The van der Waals surface area contributed by atoms with Crippen molar-refractivity contribution < 1.29 is 23.8 Å². The Bertz CT molecular complexity index is 903. The largest absolute Gasteiger partial charge is 0.384 e. The van der Waals surface area contributed by atoms with Gasteiger partial charge < -0.3 is 25.8 Å². The first-order valence-electron chi connectivity index (χ1n) is 8.49. The van der Waals surface area contributed by atoms with E-state index in [0.29, 0.717) is 16.9 Å². The van der Waals surface area contributed by atoms with Gasteiger partial charge in [0.05, 0.1) is 6.61 Å². The van der Waals surface area contributed by atoms with Gasteiger partial charge in [-0.2, -0.15) is 0 Å². The fraction of sp³-hybridized carbons (Fsp3) is 0.211. The van der Waals surface area contributed by atoms with Crippen LogP contribution in [0, 0.1) is 11.2 Å². The lowest BCUT2D eigenvalue weighted by atomic mass is 10.1. The number of carbonyl (C=O) groups excluding carboxylic acids is 2. The number of aliphatic hydroxyl groups is 1. The van der Waals surface area contributed by atoms with Crippen molar-refractivity contribution in [3.63, 3.8) is 0 Å². The molecule has 28 heavy (non-hydrogen) atoms. The number of carbonyl (C=O) groups is 2. The molecule has 5 N–H and O–H groups in total. The summed E-state index contributed by atoms with van der Waals surface area (Å²) in [6, 6.07) is 11.6. The summed E-state index contributed by atoms with van der Waals surface area (Å²) in [7, 11) is 0. The van der Waals surface area contributed by atoms with Crippen molar-refractivity contribution in [2.24, 2.45) is 5.73 Å². The van der Waals surface area contributed by atoms with E-state index in [4.69, 9.17) is 15.9 Å². The van der Waals surface area contributed by atoms with Crippen molar-refractivity contribution in [1.29, 1.82) is 5.41 Å². The zero-order valence-electron chi connectivity index (χ0n) is 14.8. The first-order chi connectivity index (χ1) is 13.4. The standard InChI is InChI=1S/C19H19FN4O4/c20-12-2-1-3-14(10-12)24-8-9-28-16(19(24)27)15(25)18(26)23-13-6-4-11(5-7-13)17(21)22/h1-7,10,15-16,25H,8-9H2,(H3,21,22)(H,23,26). The molecule has 0 aromatic heterocycles. The van der Waals surface area contributed by atoms with Crippen LogP contribution in [-0.2, 0) is 14.3 Å². The predicted molar refractivity (Wildman–Crippen MR) is 101 cm³/mol. The van der Waals surface area contributed by atoms with Crippen LogP contribution in [0.4, 0.5) is 15.8 Å². The molecule has 1 fully saturated rings. The Hall–Kier alpha value is -3.30. The van der Waals surface area contributed by atoms with Crippen molar-refractivity contribution in [2.45, 2.75) is 12.2 Å². The van der Waals surface area contributed by atoms with Gasteiger partial charge >= 0.3 is 0 Å². The number of nitrogens with two attached hydrogens (primary N) is 1. The number of benzene rings is 2. The third kappa shape index (κ3) is 4.16. The normalized spacial score (nSPS) is 17.9. The average Bonchev–Trinajstić information content (AvgIpc) is 2.68. The molecular weight excluding hydrogens is 367 g/mol. The molecule has 2 amide bonds. The highest BCUT2D eigenvalue weighted by atomic mass is 19.1. The van der Waals surface area contributed by atoms with Crippen LogP contribution in [0.5, 0.6) is 0 Å². The number of nitrogens with one attached hydrogen (secondary N) is 2. The Labute approximate surface area is 160 Å². The number of nitrogens with zero attached hydrogens (tertiary/aromatic N) is 1. The molecule has 0 radical (unpaired) electrons. The number of nitrogen functional groups attached to an aromatic ring is 1. The number of hydrogen-bond acceptors (Lipinski definition) is 5. The van der Waals surface area contributed by atoms with Gasteiger partial charge in [-0.3, -0.25) is 15.0 Å². The number of hydrogen-bond donors (Lipinski definition) is 4. The van der Waals surface area contributed by atoms with Gasteiger partial charge in [0.1, 0.15) is 11.7 Å². The summed E-state index contributed by atoms with van der Waals surface area (Å²) in [4.78, 5) is 26.3. The van der Waals surface area contributed by atoms with Crippen molar-refractivity contribution in [3.05, 3.63) is 59.9 Å². The van der Waals surface area contributed by atoms with Crippen LogP contribution in [-0.4, -0.2) is 48.1 Å². The molecule has 2 unspecified atom stereocenters. The Morgan fingerprint density at radius 2 is 2.04 bits per heavy atom. The van der Waals surface area contributed by atoms with E-state index in [2.05, 4.69) is 5.32 Å². The zero-order valence-corrected chi connectivity index (χ0v) is 14.8. The second-order valence-electron chi connectivity index (χ2n) is 6.19. The van der Waals surface area contributed by atoms with Gasteiger partial charge in [0.2, 0.25) is 0 Å². The molecule has 2 aromatic rings. The molecule has 3 rings (SSSR count). The molecule has 0 saturated carbocycles. The zero-order chi connectivity index (χ0) is 20.3. The maximum Gasteiger partial charge on any atom is 0.259 e. The average molecular weight is 386 g/mol. The van der Waals surface area contributed by atoms with Crippen molar-refractivity contribution in [1.82, 2.24) is 0 Å². The molecule has 0 bridgehead atoms. The SMILES string of the molecule is N=C(N)c1ccc(NC(=O)C(O)C2OCCN(c3cccc(F)c3)C2=O)cc1. The van der Waals surface area contributed by atoms with Gasteiger partial charge in [-0.1, -0.05) is 6.07 Å². The van der Waals surface area contributed by atoms with Gasteiger partial charge in [0, 0.05) is 23.5 Å². The Morgan fingerprint density at radius 1 is 1.32 bits per heavy atom. The summed E-state index contributed by atoms with van der Waals surface area (Å²) in [5.74, 6) is -2.07. The van der Waals surface area contributed by atoms with E-state index in [1.54, 1.807) is 6.07 Å². The minimum absolute atomic E-state index is 0.0879. The fourth-order valence-electron chi connectivity index (χ4n) is 2.82. The lowest BCUT2D eigenvalue weighted by Gasteiger charge is -2.34. The number of amidine groups is 1. The van der Waals surface area contributed by atoms with Crippen LogP contribution in [0.1, 0.15) is 5.56 Å². The minimum Gasteiger partial charge on any atom is -0.384 e. The number of aliphatic hydroxyl groups excluding tert-OH is 1. The third-order valence-corrected chi connectivity index (χ3v) is 4.26. The van der Waals surface area contributed by atoms with Crippen molar-refractivity contribution >= 4 is 29.0 Å². The van der Waals surface area contributed by atoms with Crippen molar-refractivity contribution in [3.8, 4) is 0 Å². The molecule has 9 heteroatoms. The summed E-state index contributed by atoms with van der Waals surface area (Å²) < 4.78 is 18.8. The van der Waals surface area contributed by atoms with Gasteiger partial charge in [-0.05, 0) is 42.5 Å². The Kier molecular flexibility index (Phi) is 5.67. The molecule has 1 aliphatic rings. The van der Waals surface area contributed by atoms with Gasteiger partial charge in [-0.15, -0.1) is 0 Å². The minimum atomic E-state index is -1.75. The summed E-state index contributed by atoms with van der Waals surface area (Å²) in [5, 5.41) is 20.1. The maximum absolute atomic E-state index is 13.4. The number of ether oxygens (including phenoxy) is 1. The van der Waals surface area contributed by atoms with E-state index in [-0.39, 0.29) is 19.0 Å². The molecule has 0 spiro atoms. The first-order valence-corrected chi connectivity index (χ1v) is 8.49. The summed E-state index contributed by atoms with van der Waals surface area (Å²) in [6.07, 6.45) is -3.16. The number of anilines is 2. The van der Waals surface area contributed by atoms with Gasteiger partial charge in [0.15, 0.2) is 12.2 Å². The van der Waals surface area contributed by atoms with E-state index in [1.807, 2.05) is 0 Å². The molecule has 2 atom stereocenters. The number of rotatable bonds is 5. The maximum atomic E-state index is 13.4. The Balaban J connectivity index is 1.70. The fourth-order valence-corrected chi connectivity index (χ4v) is 2.82. The quantitative estimate of drug-likeness (QED) is 0.447. The van der Waals surface area contributed by atoms with Crippen LogP contribution < -0.4 is 16.0 Å². The number of amides is 2. The van der Waals surface area contributed by atoms with Crippen LogP contribution in [0.15, 0.2) is 48.5 Å². The highest BCUT2D eigenvalue weighted by Crippen LogP contribution is 2.21. The lowest BCUT2D eigenvalue weighted by Crippen LogP contribution is -2.55. The highest BCUT2D eigenvalue weighted by molar-refractivity contribution is 6.04. The molecular formula is C19H19FN4O4. The van der Waals surface area contributed by atoms with Gasteiger partial charge in [-0.25, -0.2) is 4.39 Å². The van der Waals surface area contributed by atoms with Crippen LogP contribution in [0.3, 0.4) is 0 Å². The predicted octanol–water partition coefficient (Wildman–Crippen LogP) is 0.841. The smallest absolute Gasteiger partial charge is 0.259 e. The summed E-state index contributed by atoms with van der Waals surface area (Å²) >= 11 is 0. The molecule has 1 aliphatic heterocycles. The van der Waals surface area contributed by atoms with E-state index < -0.39 is 29.8 Å². The topological polar surface area (TPSA) is 129 Å². The second-order valence-corrected chi connectivity index (χ2v) is 6.19. The molecule has 146 valence electrons. The second kappa shape index (κ2) is 8.15. The molecule has 2 aromatic carbocycles. The third-order valence-electron chi connectivity index (χ3n) is 4.26. The highest BCUT2D eigenvalue weighted by Gasteiger charge is 2.39. The van der Waals surface area contributed by atoms with Crippen molar-refractivity contribution in [2.75, 3.05) is 23.4 Å². The summed E-state index contributed by atoms with van der Waals surface area (Å²) in [5.41, 5.74) is 6.54. The summed E-state index contributed by atoms with van der Waals surface area (Å²) in [6.45, 7) is 0.268. The van der Waals surface area contributed by atoms with Crippen LogP contribution in [0.2, 0.25) is 0 Å². The van der Waals surface area contributed by atoms with Crippen LogP contribution in [0.25, 0.3) is 0 Å². The molecule has 1 heterocycles.